The first-order valence-electron chi connectivity index (χ1n) is 5.90. The van der Waals surface area contributed by atoms with E-state index in [1.165, 1.54) is 17.0 Å². The van der Waals surface area contributed by atoms with Gasteiger partial charge in [-0.1, -0.05) is 5.11 Å². The maximum absolute atomic E-state index is 11.9. The van der Waals surface area contributed by atoms with Crippen molar-refractivity contribution >= 4 is 17.6 Å². The van der Waals surface area contributed by atoms with Gasteiger partial charge in [-0.05, 0) is 23.6 Å². The summed E-state index contributed by atoms with van der Waals surface area (Å²) in [6.45, 7) is 0.545. The van der Waals surface area contributed by atoms with Gasteiger partial charge in [0.1, 0.15) is 5.75 Å². The first-order valence-corrected chi connectivity index (χ1v) is 5.90. The van der Waals surface area contributed by atoms with Crippen LogP contribution in [0.3, 0.4) is 0 Å². The zero-order chi connectivity index (χ0) is 14.7. The van der Waals surface area contributed by atoms with E-state index in [0.717, 1.165) is 6.07 Å². The second-order valence-electron chi connectivity index (χ2n) is 4.53. The average molecular weight is 276 g/mol. The molecule has 1 aliphatic rings. The van der Waals surface area contributed by atoms with E-state index in [1.807, 2.05) is 0 Å². The van der Waals surface area contributed by atoms with Gasteiger partial charge in [-0.15, -0.1) is 0 Å². The van der Waals surface area contributed by atoms with Gasteiger partial charge in [-0.25, -0.2) is 4.79 Å². The van der Waals surface area contributed by atoms with Crippen LogP contribution < -0.4 is 4.90 Å². The Morgan fingerprint density at radius 1 is 1.50 bits per heavy atom. The fourth-order valence-corrected chi connectivity index (χ4v) is 2.18. The van der Waals surface area contributed by atoms with Gasteiger partial charge in [-0.2, -0.15) is 0 Å². The number of hydrogen-bond donors (Lipinski definition) is 2. The summed E-state index contributed by atoms with van der Waals surface area (Å²) in [5.74, 6) is -1.69. The molecule has 0 aromatic heterocycles. The third-order valence-electron chi connectivity index (χ3n) is 3.07. The van der Waals surface area contributed by atoms with Crippen molar-refractivity contribution in [2.45, 2.75) is 6.42 Å². The van der Waals surface area contributed by atoms with Crippen LogP contribution in [0, 0.1) is 5.92 Å². The maximum atomic E-state index is 11.9. The summed E-state index contributed by atoms with van der Waals surface area (Å²) in [6.07, 6.45) is 0.233. The van der Waals surface area contributed by atoms with Crippen LogP contribution in [0.2, 0.25) is 0 Å². The molecule has 8 nitrogen and oxygen atoms in total. The van der Waals surface area contributed by atoms with E-state index < -0.39 is 5.97 Å². The van der Waals surface area contributed by atoms with E-state index in [0.29, 0.717) is 12.2 Å². The maximum Gasteiger partial charge on any atom is 0.335 e. The Balaban J connectivity index is 2.25. The van der Waals surface area contributed by atoms with E-state index in [1.54, 1.807) is 0 Å². The lowest BCUT2D eigenvalue weighted by Gasteiger charge is -2.17. The lowest BCUT2D eigenvalue weighted by Crippen LogP contribution is -2.25. The summed E-state index contributed by atoms with van der Waals surface area (Å²) < 4.78 is 0. The topological polar surface area (TPSA) is 127 Å². The van der Waals surface area contributed by atoms with Crippen molar-refractivity contribution in [3.05, 3.63) is 34.2 Å². The molecule has 1 atom stereocenters. The minimum atomic E-state index is -1.18. The molecule has 1 aromatic carbocycles. The molecule has 1 aromatic rings. The molecule has 1 heterocycles. The predicted molar refractivity (Wildman–Crippen MR) is 69.5 cm³/mol. The monoisotopic (exact) mass is 276 g/mol. The molecule has 0 aliphatic carbocycles. The zero-order valence-corrected chi connectivity index (χ0v) is 10.4. The number of rotatable bonds is 4. The fourth-order valence-electron chi connectivity index (χ4n) is 2.18. The Hall–Kier alpha value is -2.73. The minimum absolute atomic E-state index is 0.0914. The van der Waals surface area contributed by atoms with E-state index in [9.17, 15) is 14.7 Å². The van der Waals surface area contributed by atoms with Gasteiger partial charge in [0.05, 0.1) is 5.56 Å². The highest BCUT2D eigenvalue weighted by atomic mass is 16.4. The van der Waals surface area contributed by atoms with Crippen LogP contribution in [0.4, 0.5) is 5.69 Å². The van der Waals surface area contributed by atoms with E-state index >= 15 is 0 Å². The highest BCUT2D eigenvalue weighted by molar-refractivity contribution is 5.98. The van der Waals surface area contributed by atoms with E-state index in [-0.39, 0.29) is 36.1 Å². The normalized spacial score (nSPS) is 17.9. The Morgan fingerprint density at radius 2 is 2.25 bits per heavy atom. The van der Waals surface area contributed by atoms with Crippen LogP contribution in [0.1, 0.15) is 16.8 Å². The molecule has 20 heavy (non-hydrogen) atoms. The third kappa shape index (κ3) is 2.81. The predicted octanol–water partition coefficient (Wildman–Crippen LogP) is 1.75. The number of anilines is 1. The number of carboxylic acid groups (broad SMARTS) is 1. The summed E-state index contributed by atoms with van der Waals surface area (Å²) >= 11 is 0. The number of carbonyl (C=O) groups excluding carboxylic acids is 1. The number of phenols is 1. The van der Waals surface area contributed by atoms with Crippen LogP contribution in [-0.2, 0) is 4.79 Å². The second kappa shape index (κ2) is 5.50. The van der Waals surface area contributed by atoms with Gasteiger partial charge in [0.25, 0.3) is 0 Å². The third-order valence-corrected chi connectivity index (χ3v) is 3.07. The Bertz CT molecular complexity index is 609. The number of hydrogen-bond acceptors (Lipinski definition) is 4. The van der Waals surface area contributed by atoms with Crippen LogP contribution in [-0.4, -0.2) is 35.2 Å². The molecule has 1 saturated heterocycles. The number of azide groups is 1. The zero-order valence-electron chi connectivity index (χ0n) is 10.4. The molecular weight excluding hydrogens is 264 g/mol. The molecular formula is C12H12N4O4. The number of amides is 1. The van der Waals surface area contributed by atoms with Crippen molar-refractivity contribution in [1.82, 2.24) is 0 Å². The van der Waals surface area contributed by atoms with E-state index in [4.69, 9.17) is 10.6 Å². The van der Waals surface area contributed by atoms with Gasteiger partial charge in [0, 0.05) is 36.2 Å². The van der Waals surface area contributed by atoms with Crippen LogP contribution in [0.5, 0.6) is 5.75 Å². The van der Waals surface area contributed by atoms with Gasteiger partial charge in [0.2, 0.25) is 5.91 Å². The molecule has 1 unspecified atom stereocenters. The SMILES string of the molecule is [N-]=[N+]=NCC1CC(=O)N(c2cc(O)cc(C(=O)O)c2)C1. The van der Waals surface area contributed by atoms with Crippen molar-refractivity contribution in [2.75, 3.05) is 18.0 Å². The quantitative estimate of drug-likeness (QED) is 0.493. The molecule has 0 spiro atoms. The van der Waals surface area contributed by atoms with Crippen molar-refractivity contribution in [3.63, 3.8) is 0 Å². The number of phenolic OH excluding ortho intramolecular Hbond substituents is 1. The standard InChI is InChI=1S/C12H12N4O4/c13-15-14-5-7-1-11(18)16(6-7)9-2-8(12(19)20)3-10(17)4-9/h2-4,7,17H,1,5-6H2,(H,19,20). The Kier molecular flexibility index (Phi) is 3.76. The summed E-state index contributed by atoms with van der Waals surface area (Å²) in [4.78, 5) is 26.9. The number of aromatic hydroxyl groups is 1. The lowest BCUT2D eigenvalue weighted by atomic mass is 10.1. The molecule has 2 N–H and O–H groups in total. The molecule has 8 heteroatoms. The van der Waals surface area contributed by atoms with Gasteiger partial charge < -0.3 is 15.1 Å². The van der Waals surface area contributed by atoms with Crippen molar-refractivity contribution < 1.29 is 19.8 Å². The summed E-state index contributed by atoms with van der Waals surface area (Å²) in [5, 5.41) is 21.9. The summed E-state index contributed by atoms with van der Waals surface area (Å²) in [5.41, 5.74) is 8.51. The second-order valence-corrected chi connectivity index (χ2v) is 4.53. The fraction of sp³-hybridized carbons (Fsp3) is 0.333. The number of nitrogens with zero attached hydrogens (tertiary/aromatic N) is 4. The largest absolute Gasteiger partial charge is 0.508 e. The first-order chi connectivity index (χ1) is 9.51. The summed E-state index contributed by atoms with van der Waals surface area (Å²) in [7, 11) is 0. The van der Waals surface area contributed by atoms with Crippen molar-refractivity contribution in [2.24, 2.45) is 11.0 Å². The average Bonchev–Trinajstić information content (AvgIpc) is 2.77. The molecule has 1 amide bonds. The van der Waals surface area contributed by atoms with Crippen molar-refractivity contribution in [3.8, 4) is 5.75 Å². The molecule has 0 bridgehead atoms. The smallest absolute Gasteiger partial charge is 0.335 e. The summed E-state index contributed by atoms with van der Waals surface area (Å²) in [6, 6.07) is 3.78. The highest BCUT2D eigenvalue weighted by Crippen LogP contribution is 2.29. The van der Waals surface area contributed by atoms with Crippen LogP contribution in [0.25, 0.3) is 10.4 Å². The lowest BCUT2D eigenvalue weighted by molar-refractivity contribution is -0.117. The molecule has 1 aliphatic heterocycles. The van der Waals surface area contributed by atoms with Gasteiger partial charge in [0.15, 0.2) is 0 Å². The first kappa shape index (κ1) is 13.7. The Morgan fingerprint density at radius 3 is 2.90 bits per heavy atom. The molecule has 104 valence electrons. The van der Waals surface area contributed by atoms with Crippen molar-refractivity contribution in [1.29, 1.82) is 0 Å². The van der Waals surface area contributed by atoms with Crippen LogP contribution in [0.15, 0.2) is 23.3 Å². The number of aromatic carboxylic acids is 1. The molecule has 0 saturated carbocycles. The van der Waals surface area contributed by atoms with Gasteiger partial charge >= 0.3 is 5.97 Å². The number of carbonyl (C=O) groups is 2. The minimum Gasteiger partial charge on any atom is -0.508 e. The van der Waals surface area contributed by atoms with Crippen LogP contribution >= 0.6 is 0 Å². The van der Waals surface area contributed by atoms with E-state index in [2.05, 4.69) is 10.0 Å². The molecule has 2 rings (SSSR count). The van der Waals surface area contributed by atoms with Gasteiger partial charge in [-0.3, -0.25) is 4.79 Å². The molecule has 1 fully saturated rings. The Labute approximate surface area is 113 Å². The highest BCUT2D eigenvalue weighted by Gasteiger charge is 2.30. The molecule has 0 radical (unpaired) electrons. The number of benzene rings is 1. The number of carboxylic acids is 1.